The fourth-order valence-electron chi connectivity index (χ4n) is 6.94. The van der Waals surface area contributed by atoms with Gasteiger partial charge < -0.3 is 10.4 Å². The van der Waals surface area contributed by atoms with Crippen LogP contribution in [0.3, 0.4) is 0 Å². The van der Waals surface area contributed by atoms with E-state index in [0.717, 1.165) is 42.5 Å². The lowest BCUT2D eigenvalue weighted by Gasteiger charge is -2.55. The lowest BCUT2D eigenvalue weighted by molar-refractivity contribution is -0.138. The molecule has 154 valence electrons. The third kappa shape index (κ3) is 3.20. The molecule has 6 rings (SSSR count). The number of allylic oxidation sites excluding steroid dienone is 1. The van der Waals surface area contributed by atoms with Gasteiger partial charge in [0, 0.05) is 28.3 Å². The smallest absolute Gasteiger partial charge is 0.337 e. The van der Waals surface area contributed by atoms with Crippen molar-refractivity contribution >= 4 is 29.1 Å². The van der Waals surface area contributed by atoms with Crippen LogP contribution in [-0.2, 0) is 11.2 Å². The van der Waals surface area contributed by atoms with Crippen molar-refractivity contribution in [1.82, 2.24) is 5.32 Å². The van der Waals surface area contributed by atoms with E-state index in [9.17, 15) is 14.7 Å². The van der Waals surface area contributed by atoms with Gasteiger partial charge in [0.2, 0.25) is 0 Å². The van der Waals surface area contributed by atoms with E-state index in [0.29, 0.717) is 17.8 Å². The van der Waals surface area contributed by atoms with Gasteiger partial charge >= 0.3 is 5.97 Å². The van der Waals surface area contributed by atoms with Crippen LogP contribution in [0, 0.1) is 23.2 Å². The zero-order valence-electron chi connectivity index (χ0n) is 17.1. The van der Waals surface area contributed by atoms with Gasteiger partial charge in [-0.1, -0.05) is 11.6 Å². The van der Waals surface area contributed by atoms with Gasteiger partial charge in [-0.05, 0) is 94.2 Å². The monoisotopic (exact) mass is 413 g/mol. The molecule has 0 radical (unpaired) electrons. The minimum atomic E-state index is -1.05. The Bertz CT molecular complexity index is 910. The van der Waals surface area contributed by atoms with Gasteiger partial charge in [0.15, 0.2) is 5.78 Å². The first-order valence-electron chi connectivity index (χ1n) is 10.7. The molecule has 1 heterocycles. The lowest BCUT2D eigenvalue weighted by Crippen LogP contribution is -2.50. The molecule has 4 nitrogen and oxygen atoms in total. The van der Waals surface area contributed by atoms with Gasteiger partial charge in [0.05, 0.1) is 10.6 Å². The van der Waals surface area contributed by atoms with Crippen LogP contribution in [0.15, 0.2) is 18.2 Å². The number of aromatic carboxylic acids is 1. The number of carboxylic acid groups (broad SMARTS) is 1. The number of carboxylic acids is 1. The number of nitrogens with one attached hydrogen (secondary N) is 1. The zero-order chi connectivity index (χ0) is 20.6. The summed E-state index contributed by atoms with van der Waals surface area (Å²) < 4.78 is 0. The standard InChI is InChI=1S/C24H28ClNO3/c1-23(2)12-16-6-19(25)18(22(28)29)7-17(16)20(26-23)8-21(27)24-9-13-3-14(10-24)5-15(4-13)11-24/h6-8,13-15,26H,3-5,9-12H2,1-2H3,(H,28,29). The second kappa shape index (κ2) is 6.34. The molecule has 1 aromatic rings. The molecular weight excluding hydrogens is 386 g/mol. The van der Waals surface area contributed by atoms with Crippen LogP contribution in [0.4, 0.5) is 0 Å². The van der Waals surface area contributed by atoms with Gasteiger partial charge in [-0.25, -0.2) is 4.79 Å². The van der Waals surface area contributed by atoms with Crippen molar-refractivity contribution < 1.29 is 14.7 Å². The van der Waals surface area contributed by atoms with Crippen molar-refractivity contribution in [3.8, 4) is 0 Å². The minimum Gasteiger partial charge on any atom is -0.478 e. The second-order valence-electron chi connectivity index (χ2n) is 10.6. The van der Waals surface area contributed by atoms with Crippen LogP contribution in [-0.4, -0.2) is 22.4 Å². The van der Waals surface area contributed by atoms with E-state index in [-0.39, 0.29) is 27.3 Å². The Balaban J connectivity index is 1.55. The number of ketones is 1. The molecule has 0 atom stereocenters. The maximum atomic E-state index is 13.6. The summed E-state index contributed by atoms with van der Waals surface area (Å²) in [6.07, 6.45) is 9.50. The highest BCUT2D eigenvalue weighted by Gasteiger charge is 2.54. The summed E-state index contributed by atoms with van der Waals surface area (Å²) in [5.41, 5.74) is 2.19. The van der Waals surface area contributed by atoms with E-state index in [2.05, 4.69) is 19.2 Å². The molecule has 0 amide bonds. The van der Waals surface area contributed by atoms with Gasteiger partial charge in [-0.2, -0.15) is 0 Å². The molecule has 5 heteroatoms. The Morgan fingerprint density at radius 1 is 1.10 bits per heavy atom. The van der Waals surface area contributed by atoms with Crippen LogP contribution in [0.25, 0.3) is 5.70 Å². The molecule has 5 aliphatic rings. The number of fused-ring (bicyclic) bond motifs is 1. The third-order valence-electron chi connectivity index (χ3n) is 7.66. The predicted molar refractivity (Wildman–Crippen MR) is 113 cm³/mol. The molecule has 0 unspecified atom stereocenters. The molecular formula is C24H28ClNO3. The average molecular weight is 414 g/mol. The van der Waals surface area contributed by atoms with Crippen LogP contribution in [0.5, 0.6) is 0 Å². The SMILES string of the molecule is CC1(C)Cc2cc(Cl)c(C(=O)O)cc2C(=CC(=O)C23CC4CC(CC(C4)C2)C3)N1. The Morgan fingerprint density at radius 3 is 2.24 bits per heavy atom. The van der Waals surface area contributed by atoms with E-state index >= 15 is 0 Å². The Kier molecular flexibility index (Phi) is 4.19. The average Bonchev–Trinajstić information content (AvgIpc) is 2.58. The largest absolute Gasteiger partial charge is 0.478 e. The van der Waals surface area contributed by atoms with Crippen LogP contribution >= 0.6 is 11.6 Å². The first-order chi connectivity index (χ1) is 13.6. The van der Waals surface area contributed by atoms with E-state index in [1.54, 1.807) is 18.2 Å². The zero-order valence-corrected chi connectivity index (χ0v) is 17.8. The van der Waals surface area contributed by atoms with E-state index in [1.165, 1.54) is 19.3 Å². The normalized spacial score (nSPS) is 35.3. The Labute approximate surface area is 176 Å². The minimum absolute atomic E-state index is 0.0834. The number of carbonyl (C=O) groups excluding carboxylic acids is 1. The highest BCUT2D eigenvalue weighted by molar-refractivity contribution is 6.33. The van der Waals surface area contributed by atoms with Crippen LogP contribution < -0.4 is 5.32 Å². The molecule has 1 aromatic carbocycles. The Morgan fingerprint density at radius 2 is 1.69 bits per heavy atom. The van der Waals surface area contributed by atoms with E-state index in [4.69, 9.17) is 11.6 Å². The molecule has 4 aliphatic carbocycles. The Hall–Kier alpha value is -1.81. The molecule has 0 saturated heterocycles. The number of halogens is 1. The van der Waals surface area contributed by atoms with Gasteiger partial charge in [0.1, 0.15) is 0 Å². The molecule has 4 saturated carbocycles. The summed E-state index contributed by atoms with van der Waals surface area (Å²) in [5, 5.41) is 13.3. The highest BCUT2D eigenvalue weighted by Crippen LogP contribution is 2.60. The topological polar surface area (TPSA) is 66.4 Å². The van der Waals surface area contributed by atoms with E-state index < -0.39 is 5.97 Å². The number of rotatable bonds is 3. The molecule has 2 N–H and O–H groups in total. The molecule has 29 heavy (non-hydrogen) atoms. The third-order valence-corrected chi connectivity index (χ3v) is 7.97. The van der Waals surface area contributed by atoms with Crippen molar-refractivity contribution in [1.29, 1.82) is 0 Å². The summed E-state index contributed by atoms with van der Waals surface area (Å²) in [6.45, 7) is 4.19. The highest BCUT2D eigenvalue weighted by atomic mass is 35.5. The summed E-state index contributed by atoms with van der Waals surface area (Å²) >= 11 is 6.23. The lowest BCUT2D eigenvalue weighted by atomic mass is 9.48. The molecule has 4 fully saturated rings. The van der Waals surface area contributed by atoms with Crippen molar-refractivity contribution in [3.63, 3.8) is 0 Å². The summed E-state index contributed by atoms with van der Waals surface area (Å²) in [6, 6.07) is 3.38. The number of carbonyl (C=O) groups is 2. The van der Waals surface area contributed by atoms with Crippen molar-refractivity contribution in [3.05, 3.63) is 39.9 Å². The molecule has 0 aromatic heterocycles. The maximum absolute atomic E-state index is 13.6. The number of hydrogen-bond acceptors (Lipinski definition) is 3. The summed E-state index contributed by atoms with van der Waals surface area (Å²) in [5.74, 6) is 1.32. The fraction of sp³-hybridized carbons (Fsp3) is 0.583. The summed E-state index contributed by atoms with van der Waals surface area (Å²) in [7, 11) is 0. The maximum Gasteiger partial charge on any atom is 0.337 e. The van der Waals surface area contributed by atoms with Crippen molar-refractivity contribution in [2.75, 3.05) is 0 Å². The molecule has 0 spiro atoms. The van der Waals surface area contributed by atoms with Gasteiger partial charge in [0.25, 0.3) is 0 Å². The summed E-state index contributed by atoms with van der Waals surface area (Å²) in [4.78, 5) is 25.2. The fourth-order valence-corrected chi connectivity index (χ4v) is 7.21. The van der Waals surface area contributed by atoms with Crippen molar-refractivity contribution in [2.24, 2.45) is 23.2 Å². The quantitative estimate of drug-likeness (QED) is 0.677. The molecule has 1 aliphatic heterocycles. The van der Waals surface area contributed by atoms with Crippen LogP contribution in [0.1, 0.15) is 73.9 Å². The second-order valence-corrected chi connectivity index (χ2v) is 11.0. The first kappa shape index (κ1) is 19.2. The number of hydrogen-bond donors (Lipinski definition) is 2. The van der Waals surface area contributed by atoms with Gasteiger partial charge in [-0.3, -0.25) is 4.79 Å². The van der Waals surface area contributed by atoms with Crippen molar-refractivity contribution in [2.45, 2.75) is 64.3 Å². The predicted octanol–water partition coefficient (Wildman–Crippen LogP) is 5.09. The number of benzene rings is 1. The molecule has 4 bridgehead atoms. The van der Waals surface area contributed by atoms with E-state index in [1.807, 2.05) is 0 Å². The van der Waals surface area contributed by atoms with Gasteiger partial charge in [-0.15, -0.1) is 0 Å². The van der Waals surface area contributed by atoms with Crippen LogP contribution in [0.2, 0.25) is 5.02 Å². The first-order valence-corrected chi connectivity index (χ1v) is 11.1.